The summed E-state index contributed by atoms with van der Waals surface area (Å²) in [6.45, 7) is 11.0. The number of halogens is 1. The van der Waals surface area contributed by atoms with Crippen molar-refractivity contribution in [3.05, 3.63) is 28.8 Å². The van der Waals surface area contributed by atoms with Gasteiger partial charge in [-0.3, -0.25) is 4.90 Å². The number of ether oxygens (including phenoxy) is 1. The van der Waals surface area contributed by atoms with Crippen molar-refractivity contribution in [1.82, 2.24) is 10.2 Å². The Hall–Kier alpha value is -0.880. The molecule has 1 aliphatic heterocycles. The summed E-state index contributed by atoms with van der Waals surface area (Å²) in [6, 6.07) is 5.75. The van der Waals surface area contributed by atoms with Gasteiger partial charge < -0.3 is 15.4 Å². The molecule has 23 heavy (non-hydrogen) atoms. The molecule has 1 saturated heterocycles. The van der Waals surface area contributed by atoms with Crippen molar-refractivity contribution in [3.8, 4) is 0 Å². The van der Waals surface area contributed by atoms with Crippen molar-refractivity contribution in [2.24, 2.45) is 5.92 Å². The van der Waals surface area contributed by atoms with E-state index in [9.17, 15) is 0 Å². The van der Waals surface area contributed by atoms with E-state index in [1.807, 2.05) is 25.1 Å². The van der Waals surface area contributed by atoms with Crippen LogP contribution in [0, 0.1) is 12.8 Å². The first-order valence-corrected chi connectivity index (χ1v) is 8.88. The highest BCUT2D eigenvalue weighted by Gasteiger charge is 2.21. The monoisotopic (exact) mass is 355 g/mol. The summed E-state index contributed by atoms with van der Waals surface area (Å²) in [6.07, 6.45) is 0.169. The number of rotatable bonds is 5. The zero-order valence-corrected chi connectivity index (χ0v) is 15.6. The molecule has 0 amide bonds. The topological polar surface area (TPSA) is 36.5 Å². The fourth-order valence-corrected chi connectivity index (χ4v) is 3.07. The van der Waals surface area contributed by atoms with Gasteiger partial charge in [-0.05, 0) is 42.8 Å². The molecule has 0 spiro atoms. The summed E-state index contributed by atoms with van der Waals surface area (Å²) in [5.74, 6) is 0.676. The zero-order valence-electron chi connectivity index (χ0n) is 14.1. The maximum Gasteiger partial charge on any atom is 0.170 e. The van der Waals surface area contributed by atoms with Gasteiger partial charge >= 0.3 is 0 Å². The van der Waals surface area contributed by atoms with Gasteiger partial charge in [-0.15, -0.1) is 0 Å². The first-order valence-electron chi connectivity index (χ1n) is 8.09. The second kappa shape index (κ2) is 8.83. The molecule has 1 aliphatic rings. The summed E-state index contributed by atoms with van der Waals surface area (Å²) in [7, 11) is 0. The van der Waals surface area contributed by atoms with Crippen molar-refractivity contribution in [1.29, 1.82) is 0 Å². The molecule has 1 aromatic rings. The van der Waals surface area contributed by atoms with Gasteiger partial charge in [0.1, 0.15) is 0 Å². The molecule has 0 unspecified atom stereocenters. The Morgan fingerprint density at radius 3 is 3.00 bits per heavy atom. The Labute approximate surface area is 149 Å². The largest absolute Gasteiger partial charge is 0.374 e. The SMILES string of the molecule is Cc1c(Cl)cccc1NC(=S)NC[C@@H]1CN(CC(C)C)CCO1. The van der Waals surface area contributed by atoms with Gasteiger partial charge in [-0.25, -0.2) is 0 Å². The van der Waals surface area contributed by atoms with E-state index in [4.69, 9.17) is 28.6 Å². The Balaban J connectivity index is 1.79. The maximum absolute atomic E-state index is 6.12. The van der Waals surface area contributed by atoms with E-state index in [0.29, 0.717) is 17.6 Å². The summed E-state index contributed by atoms with van der Waals surface area (Å²) >= 11 is 11.5. The molecule has 0 radical (unpaired) electrons. The molecule has 2 rings (SSSR count). The van der Waals surface area contributed by atoms with Crippen LogP contribution in [0.2, 0.25) is 5.02 Å². The third-order valence-corrected chi connectivity index (χ3v) is 4.51. The Kier molecular flexibility index (Phi) is 7.09. The van der Waals surface area contributed by atoms with Crippen molar-refractivity contribution in [3.63, 3.8) is 0 Å². The van der Waals surface area contributed by atoms with Crippen LogP contribution in [-0.2, 0) is 4.74 Å². The Morgan fingerprint density at radius 2 is 2.26 bits per heavy atom. The minimum absolute atomic E-state index is 0.169. The quantitative estimate of drug-likeness (QED) is 0.793. The lowest BCUT2D eigenvalue weighted by Gasteiger charge is -2.34. The minimum atomic E-state index is 0.169. The molecule has 1 fully saturated rings. The lowest BCUT2D eigenvalue weighted by molar-refractivity contribution is -0.0283. The fourth-order valence-electron chi connectivity index (χ4n) is 2.70. The third-order valence-electron chi connectivity index (χ3n) is 3.85. The molecule has 1 atom stereocenters. The molecule has 4 nitrogen and oxygen atoms in total. The zero-order chi connectivity index (χ0) is 16.8. The number of hydrogen-bond donors (Lipinski definition) is 2. The van der Waals surface area contributed by atoms with Crippen molar-refractivity contribution in [2.75, 3.05) is 38.1 Å². The number of nitrogens with one attached hydrogen (secondary N) is 2. The molecule has 1 heterocycles. The number of nitrogens with zero attached hydrogens (tertiary/aromatic N) is 1. The molecular weight excluding hydrogens is 330 g/mol. The molecule has 0 aromatic heterocycles. The van der Waals surface area contributed by atoms with E-state index in [1.165, 1.54) is 0 Å². The van der Waals surface area contributed by atoms with Crippen molar-refractivity contribution in [2.45, 2.75) is 26.9 Å². The van der Waals surface area contributed by atoms with E-state index in [-0.39, 0.29) is 6.10 Å². The van der Waals surface area contributed by atoms with Crippen LogP contribution in [0.1, 0.15) is 19.4 Å². The van der Waals surface area contributed by atoms with Crippen LogP contribution in [0.5, 0.6) is 0 Å². The molecule has 128 valence electrons. The summed E-state index contributed by atoms with van der Waals surface area (Å²) in [4.78, 5) is 2.46. The van der Waals surface area contributed by atoms with Crippen LogP contribution < -0.4 is 10.6 Å². The van der Waals surface area contributed by atoms with E-state index >= 15 is 0 Å². The number of benzene rings is 1. The van der Waals surface area contributed by atoms with Crippen LogP contribution >= 0.6 is 23.8 Å². The number of thiocarbonyl (C=S) groups is 1. The average molecular weight is 356 g/mol. The predicted molar refractivity (Wildman–Crippen MR) is 101 cm³/mol. The van der Waals surface area contributed by atoms with E-state index in [1.54, 1.807) is 0 Å². The molecule has 1 aromatic carbocycles. The number of hydrogen-bond acceptors (Lipinski definition) is 3. The summed E-state index contributed by atoms with van der Waals surface area (Å²) < 4.78 is 5.82. The predicted octanol–water partition coefficient (Wildman–Crippen LogP) is 3.29. The highest BCUT2D eigenvalue weighted by Crippen LogP contribution is 2.22. The molecule has 0 aliphatic carbocycles. The van der Waals surface area contributed by atoms with Gasteiger partial charge in [-0.2, -0.15) is 0 Å². The van der Waals surface area contributed by atoms with Gasteiger partial charge in [0.05, 0.1) is 12.7 Å². The summed E-state index contributed by atoms with van der Waals surface area (Å²) in [5.41, 5.74) is 1.93. The van der Waals surface area contributed by atoms with Crippen LogP contribution in [0.15, 0.2) is 18.2 Å². The molecule has 0 bridgehead atoms. The van der Waals surface area contributed by atoms with E-state index < -0.39 is 0 Å². The number of morpholine rings is 1. The Bertz CT molecular complexity index is 539. The van der Waals surface area contributed by atoms with Crippen LogP contribution in [0.4, 0.5) is 5.69 Å². The maximum atomic E-state index is 6.12. The third kappa shape index (κ3) is 5.92. The fraction of sp³-hybridized carbons (Fsp3) is 0.588. The van der Waals surface area contributed by atoms with Gasteiger partial charge in [-0.1, -0.05) is 31.5 Å². The Morgan fingerprint density at radius 1 is 1.48 bits per heavy atom. The first kappa shape index (κ1) is 18.5. The van der Waals surface area contributed by atoms with Crippen LogP contribution in [0.3, 0.4) is 0 Å². The minimum Gasteiger partial charge on any atom is -0.374 e. The van der Waals surface area contributed by atoms with Crippen LogP contribution in [-0.4, -0.2) is 48.9 Å². The van der Waals surface area contributed by atoms with E-state index in [0.717, 1.165) is 42.5 Å². The normalized spacial score (nSPS) is 18.9. The standard InChI is InChI=1S/C17H26ClN3OS/c1-12(2)10-21-7-8-22-14(11-21)9-19-17(23)20-16-6-4-5-15(18)13(16)3/h4-6,12,14H,7-11H2,1-3H3,(H2,19,20,23)/t14-/m1/s1. The van der Waals surface area contributed by atoms with Gasteiger partial charge in [0.15, 0.2) is 5.11 Å². The van der Waals surface area contributed by atoms with Crippen molar-refractivity contribution >= 4 is 34.6 Å². The second-order valence-corrected chi connectivity index (χ2v) is 7.21. The smallest absolute Gasteiger partial charge is 0.170 e. The lowest BCUT2D eigenvalue weighted by Crippen LogP contribution is -2.48. The first-order chi connectivity index (χ1) is 11.0. The van der Waals surface area contributed by atoms with Gasteiger partial charge in [0.2, 0.25) is 0 Å². The molecule has 0 saturated carbocycles. The average Bonchev–Trinajstić information content (AvgIpc) is 2.50. The number of anilines is 1. The highest BCUT2D eigenvalue weighted by molar-refractivity contribution is 7.80. The molecular formula is C17H26ClN3OS. The van der Waals surface area contributed by atoms with Crippen LogP contribution in [0.25, 0.3) is 0 Å². The van der Waals surface area contributed by atoms with Gasteiger partial charge in [0.25, 0.3) is 0 Å². The lowest BCUT2D eigenvalue weighted by atomic mass is 10.2. The molecule has 2 N–H and O–H groups in total. The van der Waals surface area contributed by atoms with E-state index in [2.05, 4.69) is 29.4 Å². The summed E-state index contributed by atoms with van der Waals surface area (Å²) in [5, 5.41) is 7.78. The second-order valence-electron chi connectivity index (χ2n) is 6.39. The van der Waals surface area contributed by atoms with Gasteiger partial charge in [0, 0.05) is 36.9 Å². The highest BCUT2D eigenvalue weighted by atomic mass is 35.5. The van der Waals surface area contributed by atoms with Crippen molar-refractivity contribution < 1.29 is 4.74 Å². The molecule has 6 heteroatoms.